The lowest BCUT2D eigenvalue weighted by atomic mass is 9.97. The van der Waals surface area contributed by atoms with Crippen LogP contribution in [-0.2, 0) is 4.74 Å². The van der Waals surface area contributed by atoms with Gasteiger partial charge in [0.05, 0.1) is 26.4 Å². The second-order valence-corrected chi connectivity index (χ2v) is 5.60. The van der Waals surface area contributed by atoms with E-state index < -0.39 is 0 Å². The molecule has 0 aliphatic rings. The highest BCUT2D eigenvalue weighted by Gasteiger charge is 2.26. The van der Waals surface area contributed by atoms with Crippen molar-refractivity contribution < 1.29 is 14.2 Å². The van der Waals surface area contributed by atoms with Crippen molar-refractivity contribution in [2.75, 3.05) is 27.9 Å². The molecule has 0 bridgehead atoms. The number of likely N-dealkylation sites (N-methyl/N-ethyl adjacent to an activating group) is 1. The lowest BCUT2D eigenvalue weighted by molar-refractivity contribution is 0.0602. The lowest BCUT2D eigenvalue weighted by Gasteiger charge is -2.29. The molecule has 1 aromatic carbocycles. The molecule has 4 nitrogen and oxygen atoms in total. The van der Waals surface area contributed by atoms with Gasteiger partial charge in [-0.2, -0.15) is 0 Å². The molecule has 1 N–H and O–H groups in total. The molecule has 1 rings (SSSR count). The van der Waals surface area contributed by atoms with Gasteiger partial charge in [0.2, 0.25) is 0 Å². The highest BCUT2D eigenvalue weighted by atomic mass is 79.9. The first-order chi connectivity index (χ1) is 10.1. The van der Waals surface area contributed by atoms with Gasteiger partial charge in [-0.1, -0.05) is 20.3 Å². The third-order valence-corrected chi connectivity index (χ3v) is 4.27. The molecule has 0 spiro atoms. The molecule has 1 aromatic rings. The number of benzene rings is 1. The van der Waals surface area contributed by atoms with E-state index in [4.69, 9.17) is 14.2 Å². The van der Waals surface area contributed by atoms with Crippen LogP contribution in [0.15, 0.2) is 16.6 Å². The highest BCUT2D eigenvalue weighted by Crippen LogP contribution is 2.41. The van der Waals surface area contributed by atoms with E-state index in [1.165, 1.54) is 0 Å². The van der Waals surface area contributed by atoms with Crippen molar-refractivity contribution in [2.24, 2.45) is 0 Å². The Labute approximate surface area is 136 Å². The molecular formula is C16H26BrNO3. The van der Waals surface area contributed by atoms with Gasteiger partial charge in [0.1, 0.15) is 16.0 Å². The Balaban J connectivity index is 3.26. The monoisotopic (exact) mass is 359 g/mol. The number of ether oxygens (including phenoxy) is 3. The molecular weight excluding hydrogens is 334 g/mol. The van der Waals surface area contributed by atoms with Gasteiger partial charge in [-0.05, 0) is 41.0 Å². The van der Waals surface area contributed by atoms with Crippen LogP contribution in [0.3, 0.4) is 0 Å². The number of nitrogens with one attached hydrogen (secondary N) is 1. The van der Waals surface area contributed by atoms with Crippen LogP contribution >= 0.6 is 15.9 Å². The second kappa shape index (κ2) is 9.28. The predicted molar refractivity (Wildman–Crippen MR) is 89.4 cm³/mol. The van der Waals surface area contributed by atoms with E-state index in [-0.39, 0.29) is 12.1 Å². The van der Waals surface area contributed by atoms with Crippen molar-refractivity contribution in [1.82, 2.24) is 5.32 Å². The van der Waals surface area contributed by atoms with Crippen LogP contribution in [-0.4, -0.2) is 34.0 Å². The summed E-state index contributed by atoms with van der Waals surface area (Å²) in [5.74, 6) is 1.55. The van der Waals surface area contributed by atoms with E-state index in [0.29, 0.717) is 0 Å². The van der Waals surface area contributed by atoms with Crippen molar-refractivity contribution in [1.29, 1.82) is 0 Å². The van der Waals surface area contributed by atoms with Crippen molar-refractivity contribution in [2.45, 2.75) is 38.8 Å². The van der Waals surface area contributed by atoms with E-state index in [0.717, 1.165) is 40.9 Å². The van der Waals surface area contributed by atoms with Crippen LogP contribution in [0.25, 0.3) is 0 Å². The summed E-state index contributed by atoms with van der Waals surface area (Å²) >= 11 is 3.56. The second-order valence-electron chi connectivity index (χ2n) is 4.80. The summed E-state index contributed by atoms with van der Waals surface area (Å²) in [5.41, 5.74) is 1.08. The molecule has 0 aliphatic heterocycles. The third kappa shape index (κ3) is 4.34. The van der Waals surface area contributed by atoms with Gasteiger partial charge >= 0.3 is 0 Å². The summed E-state index contributed by atoms with van der Waals surface area (Å²) in [4.78, 5) is 0. The molecule has 0 aromatic heterocycles. The number of halogens is 1. The van der Waals surface area contributed by atoms with Gasteiger partial charge in [-0.15, -0.1) is 0 Å². The number of rotatable bonds is 9. The first-order valence-corrected chi connectivity index (χ1v) is 8.10. The van der Waals surface area contributed by atoms with Crippen LogP contribution in [0.1, 0.15) is 38.3 Å². The molecule has 2 atom stereocenters. The first-order valence-electron chi connectivity index (χ1n) is 7.31. The van der Waals surface area contributed by atoms with Crippen LogP contribution in [0.5, 0.6) is 11.5 Å². The number of methoxy groups -OCH3 is 3. The topological polar surface area (TPSA) is 39.7 Å². The molecule has 0 saturated carbocycles. The Kier molecular flexibility index (Phi) is 8.07. The summed E-state index contributed by atoms with van der Waals surface area (Å²) in [7, 11) is 5.08. The summed E-state index contributed by atoms with van der Waals surface area (Å²) in [5, 5.41) is 3.51. The van der Waals surface area contributed by atoms with E-state index in [9.17, 15) is 0 Å². The SMILES string of the molecule is CCCC(OC)C(NCC)c1ccc(OC)c(Br)c1OC. The zero-order valence-corrected chi connectivity index (χ0v) is 15.1. The maximum atomic E-state index is 5.69. The number of hydrogen-bond acceptors (Lipinski definition) is 4. The average Bonchev–Trinajstić information content (AvgIpc) is 2.50. The highest BCUT2D eigenvalue weighted by molar-refractivity contribution is 9.10. The van der Waals surface area contributed by atoms with Crippen LogP contribution in [0, 0.1) is 0 Å². The van der Waals surface area contributed by atoms with Gasteiger partial charge in [-0.25, -0.2) is 0 Å². The minimum absolute atomic E-state index is 0.0807. The minimum atomic E-state index is 0.0807. The molecule has 21 heavy (non-hydrogen) atoms. The first kappa shape index (κ1) is 18.3. The Morgan fingerprint density at radius 1 is 1.14 bits per heavy atom. The standard InChI is InChI=1S/C16H26BrNO3/c1-6-8-13(20-4)15(18-7-2)11-9-10-12(19-3)14(17)16(11)21-5/h9-10,13,15,18H,6-8H2,1-5H3. The largest absolute Gasteiger partial charge is 0.495 e. The molecule has 0 radical (unpaired) electrons. The molecule has 5 heteroatoms. The Bertz CT molecular complexity index is 440. The van der Waals surface area contributed by atoms with E-state index >= 15 is 0 Å². The summed E-state index contributed by atoms with van der Waals surface area (Å²) in [6, 6.07) is 4.07. The van der Waals surface area contributed by atoms with E-state index in [1.807, 2.05) is 12.1 Å². The average molecular weight is 360 g/mol. The summed E-state index contributed by atoms with van der Waals surface area (Å²) in [6.45, 7) is 5.12. The van der Waals surface area contributed by atoms with Crippen molar-refractivity contribution >= 4 is 15.9 Å². The lowest BCUT2D eigenvalue weighted by Crippen LogP contribution is -2.33. The van der Waals surface area contributed by atoms with Gasteiger partial charge in [-0.3, -0.25) is 0 Å². The quantitative estimate of drug-likeness (QED) is 0.724. The van der Waals surface area contributed by atoms with Gasteiger partial charge in [0, 0.05) is 12.7 Å². The minimum Gasteiger partial charge on any atom is -0.495 e. The molecule has 0 amide bonds. The Morgan fingerprint density at radius 3 is 2.33 bits per heavy atom. The fraction of sp³-hybridized carbons (Fsp3) is 0.625. The molecule has 120 valence electrons. The fourth-order valence-corrected chi connectivity index (χ4v) is 3.21. The Hall–Kier alpha value is -0.780. The van der Waals surface area contributed by atoms with Crippen LogP contribution in [0.2, 0.25) is 0 Å². The Morgan fingerprint density at radius 2 is 1.86 bits per heavy atom. The van der Waals surface area contributed by atoms with Crippen LogP contribution < -0.4 is 14.8 Å². The van der Waals surface area contributed by atoms with Gasteiger partial charge in [0.25, 0.3) is 0 Å². The van der Waals surface area contributed by atoms with Crippen molar-refractivity contribution in [3.05, 3.63) is 22.2 Å². The number of hydrogen-bond donors (Lipinski definition) is 1. The summed E-state index contributed by atoms with van der Waals surface area (Å²) < 4.78 is 17.5. The van der Waals surface area contributed by atoms with E-state index in [1.54, 1.807) is 21.3 Å². The molecule has 0 saturated heterocycles. The van der Waals surface area contributed by atoms with Gasteiger partial charge < -0.3 is 19.5 Å². The maximum Gasteiger partial charge on any atom is 0.141 e. The zero-order chi connectivity index (χ0) is 15.8. The van der Waals surface area contributed by atoms with Gasteiger partial charge in [0.15, 0.2) is 0 Å². The smallest absolute Gasteiger partial charge is 0.141 e. The van der Waals surface area contributed by atoms with Crippen molar-refractivity contribution in [3.8, 4) is 11.5 Å². The van der Waals surface area contributed by atoms with Crippen LogP contribution in [0.4, 0.5) is 0 Å². The van der Waals surface area contributed by atoms with E-state index in [2.05, 4.69) is 35.1 Å². The normalized spacial score (nSPS) is 13.8. The molecule has 2 unspecified atom stereocenters. The zero-order valence-electron chi connectivity index (χ0n) is 13.5. The predicted octanol–water partition coefficient (Wildman–Crippen LogP) is 3.93. The maximum absolute atomic E-state index is 5.69. The molecule has 0 heterocycles. The summed E-state index contributed by atoms with van der Waals surface area (Å²) in [6.07, 6.45) is 2.16. The molecule has 0 aliphatic carbocycles. The third-order valence-electron chi connectivity index (χ3n) is 3.52. The molecule has 0 fully saturated rings. The fourth-order valence-electron chi connectivity index (χ4n) is 2.53. The van der Waals surface area contributed by atoms with Crippen molar-refractivity contribution in [3.63, 3.8) is 0 Å².